The summed E-state index contributed by atoms with van der Waals surface area (Å²) in [6, 6.07) is 15.7. The number of carbonyl (C=O) groups excluding carboxylic acids is 1. The summed E-state index contributed by atoms with van der Waals surface area (Å²) in [6.45, 7) is 5.83. The van der Waals surface area contributed by atoms with E-state index in [0.29, 0.717) is 6.54 Å². The third-order valence-corrected chi connectivity index (χ3v) is 4.22. The Kier molecular flexibility index (Phi) is 10.9. The Morgan fingerprint density at radius 2 is 1.68 bits per heavy atom. The molecule has 0 radical (unpaired) electrons. The molecular formula is C21H28ClIN4O. The molecule has 0 aliphatic heterocycles. The molecule has 0 fully saturated rings. The van der Waals surface area contributed by atoms with Crippen molar-refractivity contribution in [2.75, 3.05) is 25.5 Å². The Labute approximate surface area is 189 Å². The highest BCUT2D eigenvalue weighted by Crippen LogP contribution is 2.12. The molecule has 0 saturated carbocycles. The molecule has 5 nitrogen and oxygen atoms in total. The Bertz CT molecular complexity index is 763. The number of nitrogens with zero attached hydrogens (tertiary/aromatic N) is 2. The number of rotatable bonds is 7. The van der Waals surface area contributed by atoms with E-state index in [1.807, 2.05) is 55.6 Å². The average molecular weight is 515 g/mol. The lowest BCUT2D eigenvalue weighted by Gasteiger charge is -2.22. The largest absolute Gasteiger partial charge is 0.357 e. The number of guanidine groups is 1. The minimum atomic E-state index is -0.0636. The van der Waals surface area contributed by atoms with E-state index in [1.54, 1.807) is 0 Å². The lowest BCUT2D eigenvalue weighted by Crippen LogP contribution is -2.38. The Balaban J connectivity index is 0.00000392. The van der Waals surface area contributed by atoms with Gasteiger partial charge in [0.2, 0.25) is 5.91 Å². The van der Waals surface area contributed by atoms with Crippen LogP contribution in [-0.2, 0) is 17.8 Å². The predicted molar refractivity (Wildman–Crippen MR) is 129 cm³/mol. The number of hydrogen-bond donors (Lipinski definition) is 2. The van der Waals surface area contributed by atoms with E-state index < -0.39 is 0 Å². The molecule has 0 aliphatic rings. The molecule has 28 heavy (non-hydrogen) atoms. The summed E-state index contributed by atoms with van der Waals surface area (Å²) < 4.78 is 0. The molecule has 2 rings (SSSR count). The van der Waals surface area contributed by atoms with Crippen molar-refractivity contribution in [3.63, 3.8) is 0 Å². The van der Waals surface area contributed by atoms with E-state index in [0.717, 1.165) is 36.2 Å². The van der Waals surface area contributed by atoms with E-state index in [9.17, 15) is 4.79 Å². The van der Waals surface area contributed by atoms with Crippen molar-refractivity contribution >= 4 is 53.1 Å². The zero-order valence-corrected chi connectivity index (χ0v) is 19.6. The first-order chi connectivity index (χ1) is 13.0. The molecule has 2 aromatic carbocycles. The van der Waals surface area contributed by atoms with Crippen LogP contribution in [0, 0.1) is 0 Å². The van der Waals surface area contributed by atoms with Crippen molar-refractivity contribution < 1.29 is 4.79 Å². The second kappa shape index (κ2) is 12.6. The van der Waals surface area contributed by atoms with Crippen LogP contribution in [0.2, 0.25) is 5.02 Å². The van der Waals surface area contributed by atoms with Crippen LogP contribution in [0.5, 0.6) is 0 Å². The van der Waals surface area contributed by atoms with Crippen molar-refractivity contribution in [3.05, 3.63) is 64.7 Å². The maximum absolute atomic E-state index is 11.1. The van der Waals surface area contributed by atoms with Gasteiger partial charge in [0, 0.05) is 44.3 Å². The van der Waals surface area contributed by atoms with Crippen molar-refractivity contribution in [3.8, 4) is 0 Å². The molecule has 0 unspecified atom stereocenters. The Morgan fingerprint density at radius 3 is 2.25 bits per heavy atom. The fourth-order valence-electron chi connectivity index (χ4n) is 2.66. The van der Waals surface area contributed by atoms with Gasteiger partial charge >= 0.3 is 0 Å². The average Bonchev–Trinajstić information content (AvgIpc) is 2.64. The number of amides is 1. The number of carbonyl (C=O) groups is 1. The zero-order valence-electron chi connectivity index (χ0n) is 16.5. The van der Waals surface area contributed by atoms with Gasteiger partial charge in [-0.3, -0.25) is 9.79 Å². The van der Waals surface area contributed by atoms with E-state index in [1.165, 1.54) is 18.1 Å². The molecule has 0 bridgehead atoms. The summed E-state index contributed by atoms with van der Waals surface area (Å²) >= 11 is 5.95. The van der Waals surface area contributed by atoms with Crippen molar-refractivity contribution in [1.29, 1.82) is 0 Å². The van der Waals surface area contributed by atoms with Gasteiger partial charge < -0.3 is 15.5 Å². The summed E-state index contributed by atoms with van der Waals surface area (Å²) in [6.07, 6.45) is 0.837. The van der Waals surface area contributed by atoms with Crippen molar-refractivity contribution in [1.82, 2.24) is 10.2 Å². The number of nitrogens with one attached hydrogen (secondary N) is 2. The molecule has 7 heteroatoms. The first-order valence-corrected chi connectivity index (χ1v) is 9.46. The molecule has 0 atom stereocenters. The highest BCUT2D eigenvalue weighted by atomic mass is 127. The first kappa shape index (κ1) is 24.2. The molecule has 0 heterocycles. The molecule has 0 saturated heterocycles. The molecule has 0 spiro atoms. The highest BCUT2D eigenvalue weighted by Gasteiger charge is 2.06. The van der Waals surface area contributed by atoms with E-state index >= 15 is 0 Å². The number of hydrogen-bond acceptors (Lipinski definition) is 2. The number of halogens is 2. The van der Waals surface area contributed by atoms with Crippen LogP contribution < -0.4 is 10.6 Å². The summed E-state index contributed by atoms with van der Waals surface area (Å²) in [4.78, 5) is 17.9. The summed E-state index contributed by atoms with van der Waals surface area (Å²) in [7, 11) is 2.03. The summed E-state index contributed by atoms with van der Waals surface area (Å²) in [5, 5.41) is 6.85. The standard InChI is InChI=1S/C21H27ClN4O.HI/c1-4-23-21(26(3)15-18-5-9-19(22)10-6-18)24-14-13-17-7-11-20(12-8-17)25-16(2)27;/h5-12H,4,13-15H2,1-3H3,(H,23,24)(H,25,27);1H. The quantitative estimate of drug-likeness (QED) is 0.324. The number of benzene rings is 2. The number of anilines is 1. The zero-order chi connectivity index (χ0) is 19.6. The second-order valence-corrected chi connectivity index (χ2v) is 6.78. The SMILES string of the molecule is CCNC(=NCCc1ccc(NC(C)=O)cc1)N(C)Cc1ccc(Cl)cc1.I. The van der Waals surface area contributed by atoms with Crippen LogP contribution in [0.3, 0.4) is 0 Å². The van der Waals surface area contributed by atoms with Gasteiger partial charge in [-0.25, -0.2) is 0 Å². The molecule has 0 aliphatic carbocycles. The number of aliphatic imine (C=N–C) groups is 1. The summed E-state index contributed by atoms with van der Waals surface area (Å²) in [5.41, 5.74) is 3.18. The third kappa shape index (κ3) is 8.48. The van der Waals surface area contributed by atoms with E-state index in [-0.39, 0.29) is 29.9 Å². The van der Waals surface area contributed by atoms with Gasteiger partial charge in [0.25, 0.3) is 0 Å². The molecule has 0 aromatic heterocycles. The van der Waals surface area contributed by atoms with Gasteiger partial charge in [0.05, 0.1) is 0 Å². The molecular weight excluding hydrogens is 487 g/mol. The normalized spacial score (nSPS) is 10.8. The van der Waals surface area contributed by atoms with Gasteiger partial charge in [-0.05, 0) is 48.7 Å². The minimum absolute atomic E-state index is 0. The topological polar surface area (TPSA) is 56.7 Å². The fourth-order valence-corrected chi connectivity index (χ4v) is 2.78. The summed E-state index contributed by atoms with van der Waals surface area (Å²) in [5.74, 6) is 0.814. The van der Waals surface area contributed by atoms with Crippen LogP contribution in [0.15, 0.2) is 53.5 Å². The highest BCUT2D eigenvalue weighted by molar-refractivity contribution is 14.0. The smallest absolute Gasteiger partial charge is 0.221 e. The molecule has 1 amide bonds. The lowest BCUT2D eigenvalue weighted by molar-refractivity contribution is -0.114. The maximum Gasteiger partial charge on any atom is 0.221 e. The van der Waals surface area contributed by atoms with Crippen molar-refractivity contribution in [2.24, 2.45) is 4.99 Å². The van der Waals surface area contributed by atoms with Gasteiger partial charge in [-0.1, -0.05) is 35.9 Å². The minimum Gasteiger partial charge on any atom is -0.357 e. The fraction of sp³-hybridized carbons (Fsp3) is 0.333. The van der Waals surface area contributed by atoms with Gasteiger partial charge in [0.15, 0.2) is 5.96 Å². The third-order valence-electron chi connectivity index (χ3n) is 3.97. The monoisotopic (exact) mass is 514 g/mol. The van der Waals surface area contributed by atoms with Gasteiger partial charge in [0.1, 0.15) is 0 Å². The van der Waals surface area contributed by atoms with Crippen LogP contribution in [-0.4, -0.2) is 36.9 Å². The maximum atomic E-state index is 11.1. The molecule has 2 N–H and O–H groups in total. The molecule has 152 valence electrons. The second-order valence-electron chi connectivity index (χ2n) is 6.35. The lowest BCUT2D eigenvalue weighted by atomic mass is 10.1. The Morgan fingerprint density at radius 1 is 1.07 bits per heavy atom. The Hall–Kier alpha value is -1.80. The van der Waals surface area contributed by atoms with Crippen LogP contribution in [0.4, 0.5) is 5.69 Å². The predicted octanol–water partition coefficient (Wildman–Crippen LogP) is 4.56. The van der Waals surface area contributed by atoms with Gasteiger partial charge in [-0.15, -0.1) is 24.0 Å². The van der Waals surface area contributed by atoms with E-state index in [2.05, 4.69) is 22.5 Å². The van der Waals surface area contributed by atoms with Crippen LogP contribution in [0.25, 0.3) is 0 Å². The van der Waals surface area contributed by atoms with Crippen LogP contribution in [0.1, 0.15) is 25.0 Å². The van der Waals surface area contributed by atoms with E-state index in [4.69, 9.17) is 16.6 Å². The van der Waals surface area contributed by atoms with Gasteiger partial charge in [-0.2, -0.15) is 0 Å². The first-order valence-electron chi connectivity index (χ1n) is 9.08. The molecule has 2 aromatic rings. The van der Waals surface area contributed by atoms with Crippen LogP contribution >= 0.6 is 35.6 Å². The van der Waals surface area contributed by atoms with Crippen molar-refractivity contribution in [2.45, 2.75) is 26.8 Å².